The van der Waals surface area contributed by atoms with E-state index >= 15 is 0 Å². The molecule has 0 aliphatic rings. The molecule has 3 rings (SSSR count). The lowest BCUT2D eigenvalue weighted by atomic mass is 10.1. The first-order valence-corrected chi connectivity index (χ1v) is 9.82. The monoisotopic (exact) mass is 425 g/mol. The highest BCUT2D eigenvalue weighted by Crippen LogP contribution is 2.16. The maximum absolute atomic E-state index is 11.9. The average Bonchev–Trinajstić information content (AvgIpc) is 2.73. The van der Waals surface area contributed by atoms with Crippen LogP contribution in [0.4, 0.5) is 5.69 Å². The van der Waals surface area contributed by atoms with Gasteiger partial charge in [0.15, 0.2) is 0 Å². The summed E-state index contributed by atoms with van der Waals surface area (Å²) in [6.07, 6.45) is 1.77. The first-order chi connectivity index (χ1) is 14.1. The second-order valence-electron chi connectivity index (χ2n) is 7.21. The third kappa shape index (κ3) is 7.50. The Balaban J connectivity index is 0.00000320. The van der Waals surface area contributed by atoms with E-state index < -0.39 is 0 Å². The molecule has 0 unspecified atom stereocenters. The van der Waals surface area contributed by atoms with Gasteiger partial charge in [-0.1, -0.05) is 44.2 Å². The minimum atomic E-state index is -0.0380. The van der Waals surface area contributed by atoms with Gasteiger partial charge >= 0.3 is 0 Å². The Morgan fingerprint density at radius 1 is 0.967 bits per heavy atom. The van der Waals surface area contributed by atoms with Gasteiger partial charge in [-0.25, -0.2) is 0 Å². The molecule has 1 heterocycles. The number of carbonyl (C=O) groups is 1. The molecule has 0 aliphatic carbocycles. The molecule has 2 N–H and O–H groups in total. The summed E-state index contributed by atoms with van der Waals surface area (Å²) in [4.78, 5) is 16.1. The molecule has 0 radical (unpaired) electrons. The van der Waals surface area contributed by atoms with Gasteiger partial charge in [0.25, 0.3) is 0 Å². The Morgan fingerprint density at radius 2 is 1.70 bits per heavy atom. The van der Waals surface area contributed by atoms with Gasteiger partial charge in [-0.05, 0) is 47.5 Å². The van der Waals surface area contributed by atoms with Gasteiger partial charge in [-0.2, -0.15) is 0 Å². The third-order valence-electron chi connectivity index (χ3n) is 4.39. The highest BCUT2D eigenvalue weighted by Gasteiger charge is 2.07. The number of hydrogen-bond acceptors (Lipinski definition) is 4. The molecule has 0 bridgehead atoms. The van der Waals surface area contributed by atoms with Crippen LogP contribution in [-0.2, 0) is 24.5 Å². The van der Waals surface area contributed by atoms with E-state index in [0.29, 0.717) is 13.2 Å². The molecule has 0 aliphatic heterocycles. The second kappa shape index (κ2) is 12.0. The Hall–Kier alpha value is -2.89. The van der Waals surface area contributed by atoms with Crippen LogP contribution in [0.3, 0.4) is 0 Å². The van der Waals surface area contributed by atoms with Crippen molar-refractivity contribution in [1.29, 1.82) is 0 Å². The number of nitrogens with one attached hydrogen (secondary N) is 2. The standard InChI is InChI=1S/C24H27N3O2.ClH/c1-18(2)24(28)27-21-10-5-7-19(13-21)15-25-16-20-8-6-11-23(14-20)29-17-22-9-3-4-12-26-22;/h3-14,18,25H,15-17H2,1-2H3,(H,27,28);1H. The third-order valence-corrected chi connectivity index (χ3v) is 4.39. The van der Waals surface area contributed by atoms with Gasteiger partial charge in [-0.3, -0.25) is 9.78 Å². The van der Waals surface area contributed by atoms with Crippen LogP contribution in [0.2, 0.25) is 0 Å². The van der Waals surface area contributed by atoms with E-state index in [9.17, 15) is 4.79 Å². The maximum atomic E-state index is 11.9. The van der Waals surface area contributed by atoms with Gasteiger partial charge in [-0.15, -0.1) is 12.4 Å². The lowest BCUT2D eigenvalue weighted by Gasteiger charge is -2.11. The number of hydrogen-bond donors (Lipinski definition) is 2. The SMILES string of the molecule is CC(C)C(=O)Nc1cccc(CNCc2cccc(OCc3ccccn3)c2)c1.Cl. The Kier molecular flexibility index (Phi) is 9.32. The number of amides is 1. The molecule has 2 aromatic carbocycles. The highest BCUT2D eigenvalue weighted by molar-refractivity contribution is 5.92. The Morgan fingerprint density at radius 3 is 2.40 bits per heavy atom. The summed E-state index contributed by atoms with van der Waals surface area (Å²) in [6.45, 7) is 5.66. The molecule has 158 valence electrons. The van der Waals surface area contributed by atoms with Gasteiger partial charge in [0.2, 0.25) is 5.91 Å². The van der Waals surface area contributed by atoms with Crippen molar-refractivity contribution in [2.75, 3.05) is 5.32 Å². The van der Waals surface area contributed by atoms with Crippen LogP contribution in [0, 0.1) is 5.92 Å². The van der Waals surface area contributed by atoms with Gasteiger partial charge in [0.05, 0.1) is 5.69 Å². The number of halogens is 1. The van der Waals surface area contributed by atoms with E-state index in [1.807, 2.05) is 74.5 Å². The van der Waals surface area contributed by atoms with Crippen molar-refractivity contribution in [3.05, 3.63) is 89.7 Å². The molecule has 0 saturated carbocycles. The number of aromatic nitrogens is 1. The molecule has 0 saturated heterocycles. The second-order valence-corrected chi connectivity index (χ2v) is 7.21. The summed E-state index contributed by atoms with van der Waals surface area (Å²) in [6, 6.07) is 21.8. The normalized spacial score (nSPS) is 10.4. The number of nitrogens with zero attached hydrogens (tertiary/aromatic N) is 1. The smallest absolute Gasteiger partial charge is 0.226 e. The number of rotatable bonds is 9. The number of anilines is 1. The fourth-order valence-electron chi connectivity index (χ4n) is 2.78. The summed E-state index contributed by atoms with van der Waals surface area (Å²) in [5.41, 5.74) is 4.00. The van der Waals surface area contributed by atoms with Crippen LogP contribution < -0.4 is 15.4 Å². The quantitative estimate of drug-likeness (QED) is 0.508. The fraction of sp³-hybridized carbons (Fsp3) is 0.250. The Labute approximate surface area is 184 Å². The summed E-state index contributed by atoms with van der Waals surface area (Å²) in [5, 5.41) is 6.38. The highest BCUT2D eigenvalue weighted by atomic mass is 35.5. The number of benzene rings is 2. The van der Waals surface area contributed by atoms with E-state index in [-0.39, 0.29) is 24.2 Å². The van der Waals surface area contributed by atoms with E-state index in [2.05, 4.69) is 21.7 Å². The average molecular weight is 426 g/mol. The number of pyridine rings is 1. The largest absolute Gasteiger partial charge is 0.487 e. The van der Waals surface area contributed by atoms with E-state index in [4.69, 9.17) is 4.74 Å². The molecule has 0 fully saturated rings. The van der Waals surface area contributed by atoms with Gasteiger partial charge < -0.3 is 15.4 Å². The minimum absolute atomic E-state index is 0. The lowest BCUT2D eigenvalue weighted by Crippen LogP contribution is -2.18. The minimum Gasteiger partial charge on any atom is -0.487 e. The van der Waals surface area contributed by atoms with Crippen molar-refractivity contribution in [3.63, 3.8) is 0 Å². The summed E-state index contributed by atoms with van der Waals surface area (Å²) in [5.74, 6) is 0.815. The molecule has 1 aromatic heterocycles. The van der Waals surface area contributed by atoms with Crippen molar-refractivity contribution in [3.8, 4) is 5.75 Å². The van der Waals surface area contributed by atoms with Crippen molar-refractivity contribution >= 4 is 24.0 Å². The first-order valence-electron chi connectivity index (χ1n) is 9.82. The first kappa shape index (κ1) is 23.4. The summed E-state index contributed by atoms with van der Waals surface area (Å²) >= 11 is 0. The van der Waals surface area contributed by atoms with Crippen LogP contribution in [-0.4, -0.2) is 10.9 Å². The molecule has 0 spiro atoms. The van der Waals surface area contributed by atoms with Crippen molar-refractivity contribution in [2.24, 2.45) is 5.92 Å². The summed E-state index contributed by atoms with van der Waals surface area (Å²) < 4.78 is 5.84. The zero-order chi connectivity index (χ0) is 20.5. The number of carbonyl (C=O) groups excluding carboxylic acids is 1. The summed E-state index contributed by atoms with van der Waals surface area (Å²) in [7, 11) is 0. The molecule has 3 aromatic rings. The van der Waals surface area contributed by atoms with E-state index in [1.165, 1.54) is 0 Å². The molecule has 5 nitrogen and oxygen atoms in total. The number of ether oxygens (including phenoxy) is 1. The molecule has 0 atom stereocenters. The van der Waals surface area contributed by atoms with Crippen LogP contribution in [0.5, 0.6) is 5.75 Å². The van der Waals surface area contributed by atoms with Crippen molar-refractivity contribution in [2.45, 2.75) is 33.5 Å². The van der Waals surface area contributed by atoms with Crippen LogP contribution in [0.25, 0.3) is 0 Å². The zero-order valence-corrected chi connectivity index (χ0v) is 18.1. The van der Waals surface area contributed by atoms with Crippen LogP contribution >= 0.6 is 12.4 Å². The molecular formula is C24H28ClN3O2. The van der Waals surface area contributed by atoms with Gasteiger partial charge in [0.1, 0.15) is 12.4 Å². The van der Waals surface area contributed by atoms with Crippen LogP contribution in [0.15, 0.2) is 72.9 Å². The molecule has 1 amide bonds. The van der Waals surface area contributed by atoms with Crippen molar-refractivity contribution in [1.82, 2.24) is 10.3 Å². The molecular weight excluding hydrogens is 398 g/mol. The van der Waals surface area contributed by atoms with E-state index in [1.54, 1.807) is 6.20 Å². The maximum Gasteiger partial charge on any atom is 0.226 e. The molecule has 6 heteroatoms. The topological polar surface area (TPSA) is 63.2 Å². The van der Waals surface area contributed by atoms with Crippen LogP contribution in [0.1, 0.15) is 30.7 Å². The predicted molar refractivity (Wildman–Crippen MR) is 123 cm³/mol. The molecule has 30 heavy (non-hydrogen) atoms. The van der Waals surface area contributed by atoms with Gasteiger partial charge in [0, 0.05) is 30.9 Å². The fourth-order valence-corrected chi connectivity index (χ4v) is 2.78. The van der Waals surface area contributed by atoms with Crippen molar-refractivity contribution < 1.29 is 9.53 Å². The predicted octanol–water partition coefficient (Wildman–Crippen LogP) is 4.97. The van der Waals surface area contributed by atoms with E-state index in [0.717, 1.165) is 34.8 Å². The zero-order valence-electron chi connectivity index (χ0n) is 17.3. The Bertz CT molecular complexity index is 932. The lowest BCUT2D eigenvalue weighted by molar-refractivity contribution is -0.118.